The minimum atomic E-state index is -0.0757. The second-order valence-electron chi connectivity index (χ2n) is 2.46. The minimum absolute atomic E-state index is 0.00639. The lowest BCUT2D eigenvalue weighted by atomic mass is 10.2. The number of aliphatic hydroxyl groups excluding tert-OH is 1. The number of nitrogens with zero attached hydrogens (tertiary/aromatic N) is 1. The van der Waals surface area contributed by atoms with Gasteiger partial charge in [-0.15, -0.1) is 0 Å². The Bertz CT molecular complexity index is 252. The predicted molar refractivity (Wildman–Crippen MR) is 41.4 cm³/mol. The van der Waals surface area contributed by atoms with Crippen molar-refractivity contribution in [3.8, 4) is 0 Å². The maximum Gasteiger partial charge on any atom is 0.166 e. The van der Waals surface area contributed by atoms with Gasteiger partial charge in [0.15, 0.2) is 5.78 Å². The van der Waals surface area contributed by atoms with E-state index in [1.54, 1.807) is 12.3 Å². The third kappa shape index (κ3) is 1.91. The molecule has 1 aromatic rings. The van der Waals surface area contributed by atoms with Gasteiger partial charge in [-0.25, -0.2) is 0 Å². The largest absolute Gasteiger partial charge is 0.396 e. The van der Waals surface area contributed by atoms with Crippen LogP contribution in [-0.4, -0.2) is 22.1 Å². The number of ketones is 1. The highest BCUT2D eigenvalue weighted by molar-refractivity contribution is 5.95. The Morgan fingerprint density at radius 1 is 1.73 bits per heavy atom. The summed E-state index contributed by atoms with van der Waals surface area (Å²) in [5, 5.41) is 8.48. The number of Topliss-reactive ketones (excluding diaryl/α,β-unsaturated/α-hetero) is 1. The molecule has 0 atom stereocenters. The van der Waals surface area contributed by atoms with Crippen LogP contribution in [0.15, 0.2) is 18.5 Å². The Morgan fingerprint density at radius 2 is 2.45 bits per heavy atom. The predicted octanol–water partition coefficient (Wildman–Crippen LogP) is 0.590. The fraction of sp³-hybridized carbons (Fsp3) is 0.375. The molecule has 1 heterocycles. The van der Waals surface area contributed by atoms with Gasteiger partial charge in [0.1, 0.15) is 0 Å². The Kier molecular flexibility index (Phi) is 2.44. The number of carbonyl (C=O) groups excluding carboxylic acids is 1. The molecule has 60 valence electrons. The van der Waals surface area contributed by atoms with Gasteiger partial charge < -0.3 is 9.67 Å². The van der Waals surface area contributed by atoms with Crippen LogP contribution < -0.4 is 0 Å². The molecule has 0 aliphatic rings. The molecule has 0 fully saturated rings. The summed E-state index contributed by atoms with van der Waals surface area (Å²) in [5.41, 5.74) is 0.668. The zero-order valence-electron chi connectivity index (χ0n) is 6.45. The summed E-state index contributed by atoms with van der Waals surface area (Å²) in [6.45, 7) is -0.0757. The molecule has 0 aromatic carbocycles. The molecule has 0 saturated carbocycles. The summed E-state index contributed by atoms with van der Waals surface area (Å²) >= 11 is 0. The van der Waals surface area contributed by atoms with E-state index in [4.69, 9.17) is 5.11 Å². The quantitative estimate of drug-likeness (QED) is 0.646. The van der Waals surface area contributed by atoms with Crippen molar-refractivity contribution in [2.24, 2.45) is 7.05 Å². The van der Waals surface area contributed by atoms with Crippen LogP contribution in [0.5, 0.6) is 0 Å². The third-order valence-corrected chi connectivity index (χ3v) is 1.49. The molecule has 11 heavy (non-hydrogen) atoms. The summed E-state index contributed by atoms with van der Waals surface area (Å²) in [5.74, 6) is -0.00639. The van der Waals surface area contributed by atoms with Crippen molar-refractivity contribution >= 4 is 5.78 Å². The van der Waals surface area contributed by atoms with Gasteiger partial charge in [0.05, 0.1) is 6.61 Å². The van der Waals surface area contributed by atoms with Crippen LogP contribution >= 0.6 is 0 Å². The zero-order chi connectivity index (χ0) is 8.27. The van der Waals surface area contributed by atoms with Gasteiger partial charge in [-0.3, -0.25) is 4.79 Å². The van der Waals surface area contributed by atoms with Crippen molar-refractivity contribution < 1.29 is 9.90 Å². The topological polar surface area (TPSA) is 42.2 Å². The number of aliphatic hydroxyl groups is 1. The van der Waals surface area contributed by atoms with Gasteiger partial charge >= 0.3 is 0 Å². The van der Waals surface area contributed by atoms with Gasteiger partial charge in [-0.2, -0.15) is 0 Å². The molecule has 0 spiro atoms. The summed E-state index contributed by atoms with van der Waals surface area (Å²) in [6, 6.07) is 1.75. The van der Waals surface area contributed by atoms with E-state index < -0.39 is 0 Å². The van der Waals surface area contributed by atoms with Crippen LogP contribution in [0.25, 0.3) is 0 Å². The van der Waals surface area contributed by atoms with E-state index in [0.717, 1.165) is 0 Å². The van der Waals surface area contributed by atoms with Gasteiger partial charge in [0, 0.05) is 31.4 Å². The van der Waals surface area contributed by atoms with E-state index in [0.29, 0.717) is 5.56 Å². The highest BCUT2D eigenvalue weighted by Crippen LogP contribution is 2.02. The standard InChI is InChI=1S/C8H11NO2/c1-9-4-2-7(6-9)8(11)3-5-10/h2,4,6,10H,3,5H2,1H3. The normalized spacial score (nSPS) is 10.0. The lowest BCUT2D eigenvalue weighted by Crippen LogP contribution is -1.99. The molecule has 0 bridgehead atoms. The summed E-state index contributed by atoms with van der Waals surface area (Å²) in [6.07, 6.45) is 3.77. The Morgan fingerprint density at radius 3 is 2.91 bits per heavy atom. The van der Waals surface area contributed by atoms with Gasteiger partial charge in [-0.05, 0) is 6.07 Å². The molecule has 0 unspecified atom stereocenters. The van der Waals surface area contributed by atoms with E-state index in [9.17, 15) is 4.79 Å². The maximum absolute atomic E-state index is 11.1. The van der Waals surface area contributed by atoms with Gasteiger partial charge in [-0.1, -0.05) is 0 Å². The first-order chi connectivity index (χ1) is 5.24. The lowest BCUT2D eigenvalue weighted by Gasteiger charge is -1.91. The summed E-state index contributed by atoms with van der Waals surface area (Å²) in [7, 11) is 1.86. The number of hydrogen-bond acceptors (Lipinski definition) is 2. The van der Waals surface area contributed by atoms with Crippen LogP contribution in [0.4, 0.5) is 0 Å². The lowest BCUT2D eigenvalue weighted by molar-refractivity contribution is 0.0956. The molecule has 3 nitrogen and oxygen atoms in total. The van der Waals surface area contributed by atoms with Crippen molar-refractivity contribution in [2.45, 2.75) is 6.42 Å². The molecule has 0 radical (unpaired) electrons. The van der Waals surface area contributed by atoms with Crippen molar-refractivity contribution in [1.29, 1.82) is 0 Å². The molecular formula is C8H11NO2. The van der Waals surface area contributed by atoms with Crippen molar-refractivity contribution in [1.82, 2.24) is 4.57 Å². The molecular weight excluding hydrogens is 142 g/mol. The van der Waals surface area contributed by atoms with Crippen molar-refractivity contribution in [3.63, 3.8) is 0 Å². The van der Waals surface area contributed by atoms with Gasteiger partial charge in [0.2, 0.25) is 0 Å². The molecule has 0 aliphatic carbocycles. The Labute approximate surface area is 65.3 Å². The molecule has 0 saturated heterocycles. The number of rotatable bonds is 3. The average molecular weight is 153 g/mol. The Balaban J connectivity index is 2.69. The fourth-order valence-electron chi connectivity index (χ4n) is 0.914. The molecule has 3 heteroatoms. The second-order valence-corrected chi connectivity index (χ2v) is 2.46. The first kappa shape index (κ1) is 8.01. The second kappa shape index (κ2) is 3.34. The highest BCUT2D eigenvalue weighted by Gasteiger charge is 2.04. The number of hydrogen-bond donors (Lipinski definition) is 1. The van der Waals surface area contributed by atoms with E-state index in [1.807, 2.05) is 17.8 Å². The number of aryl methyl sites for hydroxylation is 1. The molecule has 1 N–H and O–H groups in total. The SMILES string of the molecule is Cn1ccc(C(=O)CCO)c1. The monoisotopic (exact) mass is 153 g/mol. The highest BCUT2D eigenvalue weighted by atomic mass is 16.3. The van der Waals surface area contributed by atoms with E-state index in [-0.39, 0.29) is 18.8 Å². The molecule has 0 amide bonds. The first-order valence-corrected chi connectivity index (χ1v) is 3.50. The van der Waals surface area contributed by atoms with E-state index >= 15 is 0 Å². The third-order valence-electron chi connectivity index (χ3n) is 1.49. The number of aromatic nitrogens is 1. The first-order valence-electron chi connectivity index (χ1n) is 3.50. The summed E-state index contributed by atoms with van der Waals surface area (Å²) < 4.78 is 1.81. The van der Waals surface area contributed by atoms with E-state index in [2.05, 4.69) is 0 Å². The summed E-state index contributed by atoms with van der Waals surface area (Å²) in [4.78, 5) is 11.1. The maximum atomic E-state index is 11.1. The molecule has 1 aromatic heterocycles. The molecule has 1 rings (SSSR count). The smallest absolute Gasteiger partial charge is 0.166 e. The Hall–Kier alpha value is -1.09. The van der Waals surface area contributed by atoms with Crippen LogP contribution in [0.3, 0.4) is 0 Å². The van der Waals surface area contributed by atoms with Crippen LogP contribution in [0.2, 0.25) is 0 Å². The average Bonchev–Trinajstić information content (AvgIpc) is 2.36. The zero-order valence-corrected chi connectivity index (χ0v) is 6.45. The van der Waals surface area contributed by atoms with Crippen molar-refractivity contribution in [3.05, 3.63) is 24.0 Å². The number of carbonyl (C=O) groups is 1. The fourth-order valence-corrected chi connectivity index (χ4v) is 0.914. The van der Waals surface area contributed by atoms with E-state index in [1.165, 1.54) is 0 Å². The van der Waals surface area contributed by atoms with Crippen LogP contribution in [-0.2, 0) is 7.05 Å². The van der Waals surface area contributed by atoms with Crippen LogP contribution in [0, 0.1) is 0 Å². The van der Waals surface area contributed by atoms with Crippen molar-refractivity contribution in [2.75, 3.05) is 6.61 Å². The minimum Gasteiger partial charge on any atom is -0.396 e. The van der Waals surface area contributed by atoms with Gasteiger partial charge in [0.25, 0.3) is 0 Å². The molecule has 0 aliphatic heterocycles. The van der Waals surface area contributed by atoms with Crippen LogP contribution in [0.1, 0.15) is 16.8 Å².